The first kappa shape index (κ1) is 31.8. The van der Waals surface area contributed by atoms with Crippen LogP contribution in [0.1, 0.15) is 80.2 Å². The van der Waals surface area contributed by atoms with Gasteiger partial charge >= 0.3 is 0 Å². The first-order valence-corrected chi connectivity index (χ1v) is 16.9. The molecular formula is C35H49N2O2P+2. The molecule has 214 valence electrons. The number of nitrogens with zero attached hydrogens (tertiary/aromatic N) is 2. The third-order valence-corrected chi connectivity index (χ3v) is 9.87. The van der Waals surface area contributed by atoms with Gasteiger partial charge in [0.2, 0.25) is 5.70 Å². The molecule has 2 aliphatic heterocycles. The summed E-state index contributed by atoms with van der Waals surface area (Å²) in [6, 6.07) is 11.7. The quantitative estimate of drug-likeness (QED) is 0.0999. The number of carbonyl (C=O) groups excluding carboxylic acids is 1. The lowest BCUT2D eigenvalue weighted by molar-refractivity contribution is -0.755. The van der Waals surface area contributed by atoms with E-state index in [-0.39, 0.29) is 13.3 Å². The molecule has 0 radical (unpaired) electrons. The van der Waals surface area contributed by atoms with Crippen molar-refractivity contribution in [1.29, 1.82) is 0 Å². The van der Waals surface area contributed by atoms with Crippen LogP contribution in [0.4, 0.5) is 0 Å². The van der Waals surface area contributed by atoms with E-state index >= 15 is 0 Å². The Morgan fingerprint density at radius 1 is 1.02 bits per heavy atom. The molecule has 1 aromatic carbocycles. The molecule has 0 saturated heterocycles. The highest BCUT2D eigenvalue weighted by Gasteiger charge is 2.46. The molecule has 2 aliphatic rings. The lowest BCUT2D eigenvalue weighted by Gasteiger charge is -2.29. The molecule has 1 unspecified atom stereocenters. The molecule has 2 heterocycles. The molecule has 0 aliphatic carbocycles. The Bertz CT molecular complexity index is 1410. The maximum Gasteiger partial charge on any atom is 0.298 e. The third-order valence-electron chi connectivity index (χ3n) is 8.76. The van der Waals surface area contributed by atoms with Gasteiger partial charge in [-0.3, -0.25) is 4.79 Å². The molecule has 0 spiro atoms. The van der Waals surface area contributed by atoms with Crippen molar-refractivity contribution in [1.82, 2.24) is 0 Å². The van der Waals surface area contributed by atoms with Crippen LogP contribution in [-0.2, 0) is 4.79 Å². The van der Waals surface area contributed by atoms with Gasteiger partial charge in [-0.1, -0.05) is 26.0 Å². The van der Waals surface area contributed by atoms with E-state index in [1.807, 2.05) is 12.1 Å². The monoisotopic (exact) mass is 560 g/mol. The van der Waals surface area contributed by atoms with Gasteiger partial charge in [0.25, 0.3) is 6.47 Å². The molecule has 1 atom stereocenters. The standard InChI is InChI=1S/C35H49N2O2P/c1-13-30-24(3)33(36(9)26(30)5)32(28-15-17-29(18-16-28)39-23-38)34-25(4)31(14-2)27(6)37(34,10)21-19-35(7,8)20-22-40(11)12/h15-18,23H,13-14,20,22H2,1-12H3/q+2/b33-32-. The number of rotatable bonds is 9. The van der Waals surface area contributed by atoms with Crippen molar-refractivity contribution >= 4 is 25.7 Å². The van der Waals surface area contributed by atoms with Crippen molar-refractivity contribution < 1.29 is 18.6 Å². The summed E-state index contributed by atoms with van der Waals surface area (Å²) in [5, 5.41) is 0. The minimum atomic E-state index is -0.0665. The zero-order valence-corrected chi connectivity index (χ0v) is 27.8. The van der Waals surface area contributed by atoms with Crippen LogP contribution in [0.25, 0.3) is 5.57 Å². The normalized spacial score (nSPS) is 21.0. The average molecular weight is 561 g/mol. The summed E-state index contributed by atoms with van der Waals surface area (Å²) in [6.45, 7) is 23.2. The first-order chi connectivity index (χ1) is 18.7. The predicted molar refractivity (Wildman–Crippen MR) is 172 cm³/mol. The van der Waals surface area contributed by atoms with Gasteiger partial charge in [-0.2, -0.15) is 9.06 Å². The Balaban J connectivity index is 2.39. The van der Waals surface area contributed by atoms with E-state index in [9.17, 15) is 4.79 Å². The van der Waals surface area contributed by atoms with Gasteiger partial charge in [0.05, 0.1) is 7.05 Å². The van der Waals surface area contributed by atoms with Gasteiger partial charge in [0.15, 0.2) is 11.4 Å². The van der Waals surface area contributed by atoms with E-state index < -0.39 is 0 Å². The number of likely N-dealkylation sites (N-methyl/N-ethyl adjacent to an activating group) is 2. The molecule has 0 aromatic heterocycles. The van der Waals surface area contributed by atoms with Crippen LogP contribution in [0.15, 0.2) is 63.6 Å². The number of hydrogen-bond donors (Lipinski definition) is 0. The van der Waals surface area contributed by atoms with E-state index in [1.165, 1.54) is 56.8 Å². The molecule has 0 N–H and O–H groups in total. The van der Waals surface area contributed by atoms with Crippen molar-refractivity contribution in [2.24, 2.45) is 5.41 Å². The van der Waals surface area contributed by atoms with Crippen LogP contribution in [0, 0.1) is 17.4 Å². The second-order valence-electron chi connectivity index (χ2n) is 12.1. The van der Waals surface area contributed by atoms with E-state index in [4.69, 9.17) is 4.74 Å². The number of benzene rings is 1. The molecule has 1 aromatic rings. The summed E-state index contributed by atoms with van der Waals surface area (Å²) >= 11 is 0. The largest absolute Gasteiger partial charge is 0.429 e. The Kier molecular flexibility index (Phi) is 9.87. The van der Waals surface area contributed by atoms with Crippen molar-refractivity contribution in [3.8, 4) is 17.7 Å². The van der Waals surface area contributed by atoms with Crippen LogP contribution >= 0.6 is 7.92 Å². The van der Waals surface area contributed by atoms with Crippen LogP contribution in [-0.4, -0.2) is 54.8 Å². The highest BCUT2D eigenvalue weighted by atomic mass is 31.1. The topological polar surface area (TPSA) is 29.3 Å². The van der Waals surface area contributed by atoms with E-state index in [2.05, 4.69) is 111 Å². The van der Waals surface area contributed by atoms with Gasteiger partial charge in [-0.25, -0.2) is 0 Å². The van der Waals surface area contributed by atoms with Crippen LogP contribution in [0.5, 0.6) is 5.75 Å². The molecule has 5 heteroatoms. The second kappa shape index (κ2) is 12.4. The summed E-state index contributed by atoms with van der Waals surface area (Å²) in [7, 11) is 4.50. The van der Waals surface area contributed by atoms with Crippen molar-refractivity contribution in [2.45, 2.75) is 74.7 Å². The number of hydrogen-bond acceptors (Lipinski definition) is 2. The molecule has 0 amide bonds. The van der Waals surface area contributed by atoms with E-state index in [0.29, 0.717) is 16.7 Å². The SMILES string of the molecule is CCC1=C(C)/C(=C(/C2=C(C)C(CC)=C(C)[N+]2(C)C#CC(C)(C)CCP(C)C)c2ccc(OC=O)cc2)[N+](C)=C1C. The third kappa shape index (κ3) is 5.97. The molecule has 0 fully saturated rings. The lowest BCUT2D eigenvalue weighted by Crippen LogP contribution is -2.36. The zero-order chi connectivity index (χ0) is 30.0. The van der Waals surface area contributed by atoms with E-state index in [1.54, 1.807) is 0 Å². The van der Waals surface area contributed by atoms with Crippen LogP contribution in [0.2, 0.25) is 0 Å². The Hall–Kier alpha value is -2.73. The molecule has 0 saturated carbocycles. The van der Waals surface area contributed by atoms with Crippen molar-refractivity contribution in [2.75, 3.05) is 33.6 Å². The fourth-order valence-corrected chi connectivity index (χ4v) is 7.15. The summed E-state index contributed by atoms with van der Waals surface area (Å²) in [6.07, 6.45) is 4.27. The highest BCUT2D eigenvalue weighted by Crippen LogP contribution is 2.48. The fourth-order valence-electron chi connectivity index (χ4n) is 6.14. The molecule has 4 nitrogen and oxygen atoms in total. The zero-order valence-electron chi connectivity index (χ0n) is 26.9. The Morgan fingerprint density at radius 2 is 1.62 bits per heavy atom. The average Bonchev–Trinajstić information content (AvgIpc) is 3.23. The van der Waals surface area contributed by atoms with Gasteiger partial charge < -0.3 is 4.74 Å². The van der Waals surface area contributed by atoms with Gasteiger partial charge in [-0.15, -0.1) is 7.92 Å². The second-order valence-corrected chi connectivity index (χ2v) is 14.7. The maximum atomic E-state index is 11.0. The van der Waals surface area contributed by atoms with Crippen molar-refractivity contribution in [3.05, 3.63) is 69.2 Å². The summed E-state index contributed by atoms with van der Waals surface area (Å²) in [4.78, 5) is 11.0. The number of carbonyl (C=O) groups is 1. The minimum absolute atomic E-state index is 0.0498. The Labute approximate surface area is 244 Å². The van der Waals surface area contributed by atoms with Crippen LogP contribution in [0.3, 0.4) is 0 Å². The van der Waals surface area contributed by atoms with Gasteiger partial charge in [0, 0.05) is 41.6 Å². The smallest absolute Gasteiger partial charge is 0.298 e. The molecule has 3 rings (SSSR count). The molecule has 40 heavy (non-hydrogen) atoms. The van der Waals surface area contributed by atoms with Gasteiger partial charge in [0.1, 0.15) is 30.1 Å². The lowest BCUT2D eigenvalue weighted by atomic mass is 9.90. The maximum absolute atomic E-state index is 11.0. The van der Waals surface area contributed by atoms with E-state index in [0.717, 1.165) is 24.8 Å². The van der Waals surface area contributed by atoms with Crippen molar-refractivity contribution in [3.63, 3.8) is 0 Å². The van der Waals surface area contributed by atoms with Gasteiger partial charge in [-0.05, 0) is 90.1 Å². The fraction of sp³-hybridized carbons (Fsp3) is 0.486. The van der Waals surface area contributed by atoms with Crippen LogP contribution < -0.4 is 4.74 Å². The summed E-state index contributed by atoms with van der Waals surface area (Å²) in [5.41, 5.74) is 12.7. The number of ether oxygens (including phenoxy) is 1. The first-order valence-electron chi connectivity index (χ1n) is 14.4. The predicted octanol–water partition coefficient (Wildman–Crippen LogP) is 8.31. The number of allylic oxidation sites excluding steroid dienone is 6. The molecule has 0 bridgehead atoms. The summed E-state index contributed by atoms with van der Waals surface area (Å²) in [5.74, 6) is 4.29. The highest BCUT2D eigenvalue weighted by molar-refractivity contribution is 7.55. The Morgan fingerprint density at radius 3 is 2.12 bits per heavy atom. The molecular weight excluding hydrogens is 511 g/mol. The summed E-state index contributed by atoms with van der Waals surface area (Å²) < 4.78 is 7.97. The number of quaternary nitrogens is 1. The minimum Gasteiger partial charge on any atom is -0.429 e.